The van der Waals surface area contributed by atoms with Crippen molar-refractivity contribution in [1.29, 1.82) is 0 Å². The Bertz CT molecular complexity index is 1150. The highest BCUT2D eigenvalue weighted by atomic mass is 32.1. The molecule has 10 heteroatoms. The molecule has 1 aromatic heterocycles. The number of nitrogens with one attached hydrogen (secondary N) is 2. The maximum absolute atomic E-state index is 13.8. The molecule has 3 amide bonds. The maximum Gasteiger partial charge on any atom is 0.236 e. The highest BCUT2D eigenvalue weighted by molar-refractivity contribution is 7.09. The van der Waals surface area contributed by atoms with Gasteiger partial charge in [-0.1, -0.05) is 64.4 Å². The van der Waals surface area contributed by atoms with Gasteiger partial charge in [-0.25, -0.2) is 4.98 Å². The summed E-state index contributed by atoms with van der Waals surface area (Å²) in [4.78, 5) is 48.4. The number of ether oxygens (including phenoxy) is 1. The van der Waals surface area contributed by atoms with Gasteiger partial charge in [0.2, 0.25) is 17.7 Å². The van der Waals surface area contributed by atoms with Crippen LogP contribution in [0.15, 0.2) is 41.9 Å². The maximum atomic E-state index is 13.8. The Morgan fingerprint density at radius 1 is 1.19 bits per heavy atom. The van der Waals surface area contributed by atoms with Gasteiger partial charge in [0, 0.05) is 44.2 Å². The lowest BCUT2D eigenvalue weighted by atomic mass is 9.86. The number of likely N-dealkylation sites (N-methyl/N-ethyl adjacent to an activating group) is 2. The molecule has 238 valence electrons. The summed E-state index contributed by atoms with van der Waals surface area (Å²) in [6, 6.07) is 9.64. The van der Waals surface area contributed by atoms with Gasteiger partial charge >= 0.3 is 0 Å². The van der Waals surface area contributed by atoms with Crippen LogP contribution in [0.4, 0.5) is 0 Å². The second-order valence-corrected chi connectivity index (χ2v) is 12.9. The lowest BCUT2D eigenvalue weighted by Gasteiger charge is -2.39. The molecule has 1 aromatic carbocycles. The molecule has 1 aliphatic rings. The van der Waals surface area contributed by atoms with Crippen LogP contribution in [-0.2, 0) is 25.5 Å². The first kappa shape index (κ1) is 34.7. The van der Waals surface area contributed by atoms with Crippen LogP contribution in [0.5, 0.6) is 0 Å². The predicted octanol–water partition coefficient (Wildman–Crippen LogP) is 4.30. The third-order valence-electron chi connectivity index (χ3n) is 9.23. The zero-order chi connectivity index (χ0) is 31.5. The molecule has 0 radical (unpaired) electrons. The smallest absolute Gasteiger partial charge is 0.236 e. The Morgan fingerprint density at radius 3 is 2.51 bits per heavy atom. The molecular weight excluding hydrogens is 562 g/mol. The minimum absolute atomic E-state index is 0.0151. The summed E-state index contributed by atoms with van der Waals surface area (Å²) in [5.74, 6) is -0.222. The molecule has 1 saturated heterocycles. The first-order valence-corrected chi connectivity index (χ1v) is 16.5. The van der Waals surface area contributed by atoms with Gasteiger partial charge in [0.25, 0.3) is 0 Å². The van der Waals surface area contributed by atoms with Gasteiger partial charge in [-0.05, 0) is 43.7 Å². The number of carbonyl (C=O) groups is 3. The first-order chi connectivity index (χ1) is 20.6. The van der Waals surface area contributed by atoms with E-state index in [0.29, 0.717) is 13.0 Å². The van der Waals surface area contributed by atoms with E-state index < -0.39 is 6.10 Å². The van der Waals surface area contributed by atoms with Gasteiger partial charge in [0.1, 0.15) is 5.01 Å². The number of aromatic nitrogens is 1. The van der Waals surface area contributed by atoms with Crippen LogP contribution in [0.25, 0.3) is 0 Å². The second-order valence-electron chi connectivity index (χ2n) is 12.0. The van der Waals surface area contributed by atoms with Crippen LogP contribution in [0.3, 0.4) is 0 Å². The van der Waals surface area contributed by atoms with Crippen molar-refractivity contribution in [2.24, 2.45) is 17.8 Å². The molecule has 1 fully saturated rings. The van der Waals surface area contributed by atoms with Crippen molar-refractivity contribution in [2.75, 3.05) is 34.3 Å². The minimum atomic E-state index is -0.428. The fourth-order valence-corrected chi connectivity index (χ4v) is 6.98. The molecule has 2 heterocycles. The molecule has 0 aliphatic carbocycles. The van der Waals surface area contributed by atoms with E-state index in [9.17, 15) is 14.4 Å². The summed E-state index contributed by atoms with van der Waals surface area (Å²) in [6.07, 6.45) is 4.81. The van der Waals surface area contributed by atoms with Crippen molar-refractivity contribution >= 4 is 29.1 Å². The van der Waals surface area contributed by atoms with Gasteiger partial charge in [0.05, 0.1) is 31.2 Å². The third-order valence-corrected chi connectivity index (χ3v) is 10.1. The van der Waals surface area contributed by atoms with Gasteiger partial charge < -0.3 is 25.2 Å². The van der Waals surface area contributed by atoms with E-state index in [1.54, 1.807) is 43.6 Å². The Hall–Kier alpha value is -2.82. The number of amides is 3. The molecule has 2 aromatic rings. The van der Waals surface area contributed by atoms with Crippen molar-refractivity contribution in [2.45, 2.75) is 84.0 Å². The molecule has 0 saturated carbocycles. The number of hydrogen-bond acceptors (Lipinski definition) is 7. The van der Waals surface area contributed by atoms with E-state index in [-0.39, 0.29) is 66.6 Å². The average Bonchev–Trinajstić information content (AvgIpc) is 3.73. The lowest BCUT2D eigenvalue weighted by molar-refractivity contribution is -0.143. The van der Waals surface area contributed by atoms with Crippen molar-refractivity contribution < 1.29 is 19.1 Å². The Morgan fingerprint density at radius 2 is 1.91 bits per heavy atom. The highest BCUT2D eigenvalue weighted by Gasteiger charge is 2.40. The van der Waals surface area contributed by atoms with Crippen molar-refractivity contribution in [3.05, 3.63) is 52.5 Å². The van der Waals surface area contributed by atoms with Crippen LogP contribution in [-0.4, -0.2) is 85.0 Å². The molecule has 7 unspecified atom stereocenters. The first-order valence-electron chi connectivity index (χ1n) is 15.6. The van der Waals surface area contributed by atoms with Crippen LogP contribution in [0.1, 0.15) is 70.0 Å². The van der Waals surface area contributed by atoms with Gasteiger partial charge in [0.15, 0.2) is 0 Å². The number of benzene rings is 1. The Kier molecular flexibility index (Phi) is 13.6. The van der Waals surface area contributed by atoms with Crippen LogP contribution in [0.2, 0.25) is 0 Å². The van der Waals surface area contributed by atoms with E-state index >= 15 is 0 Å². The number of carbonyl (C=O) groups excluding carboxylic acids is 3. The number of nitrogens with zero attached hydrogens (tertiary/aromatic N) is 3. The quantitative estimate of drug-likeness (QED) is 0.293. The third kappa shape index (κ3) is 9.09. The molecule has 0 bridgehead atoms. The standard InChI is InChI=1S/C33H51N5O4S/c1-8-22(2)31(37(6)30(40)21-34-5)28(42-7)20-29(39)38-17-12-15-27(38)23(3)24(4)32(41)36-26(33-35-16-18-43-33)19-25-13-10-9-11-14-25/h9-11,13-14,16,18,22-24,26-28,31,34H,8,12,15,17,19-21H2,1-7H3,(H,36,41). The number of methoxy groups -OCH3 is 1. The van der Waals surface area contributed by atoms with Gasteiger partial charge in [-0.15, -0.1) is 11.3 Å². The SMILES string of the molecule is CCC(C)C(C(CC(=O)N1CCCC1C(C)C(C)C(=O)NC(Cc1ccccc1)c1nccs1)OC)N(C)C(=O)CNC. The Labute approximate surface area is 261 Å². The van der Waals surface area contributed by atoms with E-state index in [0.717, 1.165) is 29.8 Å². The molecule has 0 spiro atoms. The Balaban J connectivity index is 1.70. The largest absolute Gasteiger partial charge is 0.379 e. The number of rotatable bonds is 16. The summed E-state index contributed by atoms with van der Waals surface area (Å²) >= 11 is 1.54. The molecule has 7 atom stereocenters. The zero-order valence-electron chi connectivity index (χ0n) is 26.9. The van der Waals surface area contributed by atoms with E-state index in [1.807, 2.05) is 35.4 Å². The normalized spacial score (nSPS) is 19.2. The molecule has 43 heavy (non-hydrogen) atoms. The number of hydrogen-bond donors (Lipinski definition) is 2. The van der Waals surface area contributed by atoms with Crippen LogP contribution in [0, 0.1) is 17.8 Å². The molecule has 1 aliphatic heterocycles. The van der Waals surface area contributed by atoms with Crippen LogP contribution >= 0.6 is 11.3 Å². The van der Waals surface area contributed by atoms with E-state index in [1.165, 1.54) is 0 Å². The molecule has 9 nitrogen and oxygen atoms in total. The summed E-state index contributed by atoms with van der Waals surface area (Å²) in [7, 11) is 5.17. The highest BCUT2D eigenvalue weighted by Crippen LogP contribution is 2.32. The minimum Gasteiger partial charge on any atom is -0.379 e. The van der Waals surface area contributed by atoms with Crippen molar-refractivity contribution in [1.82, 2.24) is 25.4 Å². The molecular formula is C33H51N5O4S. The fourth-order valence-electron chi connectivity index (χ4n) is 6.29. The molecule has 2 N–H and O–H groups in total. The predicted molar refractivity (Wildman–Crippen MR) is 172 cm³/mol. The molecule has 3 rings (SSSR count). The van der Waals surface area contributed by atoms with Gasteiger partial charge in [-0.3, -0.25) is 14.4 Å². The lowest BCUT2D eigenvalue weighted by Crippen LogP contribution is -2.53. The number of thiazole rings is 1. The summed E-state index contributed by atoms with van der Waals surface area (Å²) in [5, 5.41) is 9.01. The second kappa shape index (κ2) is 16.9. The summed E-state index contributed by atoms with van der Waals surface area (Å²) in [5.41, 5.74) is 1.14. The van der Waals surface area contributed by atoms with E-state index in [2.05, 4.69) is 48.5 Å². The zero-order valence-corrected chi connectivity index (χ0v) is 27.7. The summed E-state index contributed by atoms with van der Waals surface area (Å²) in [6.45, 7) is 9.12. The topological polar surface area (TPSA) is 104 Å². The van der Waals surface area contributed by atoms with Crippen molar-refractivity contribution in [3.8, 4) is 0 Å². The number of likely N-dealkylation sites (tertiary alicyclic amines) is 1. The van der Waals surface area contributed by atoms with Crippen molar-refractivity contribution in [3.63, 3.8) is 0 Å². The van der Waals surface area contributed by atoms with Crippen LogP contribution < -0.4 is 10.6 Å². The van der Waals surface area contributed by atoms with Gasteiger partial charge in [-0.2, -0.15) is 0 Å². The van der Waals surface area contributed by atoms with E-state index in [4.69, 9.17) is 4.74 Å². The summed E-state index contributed by atoms with van der Waals surface area (Å²) < 4.78 is 5.89. The monoisotopic (exact) mass is 613 g/mol. The fraction of sp³-hybridized carbons (Fsp3) is 0.636. The average molecular weight is 614 g/mol.